The number of ether oxygens (including phenoxy) is 13. The minimum atomic E-state index is -3.40. The second-order valence-corrected chi connectivity index (χ2v) is 23.2. The number of hydrogen-bond donors (Lipinski definition) is 24. The third-order valence-electron chi connectivity index (χ3n) is 16.7. The van der Waals surface area contributed by atoms with Crippen LogP contribution in [0.4, 0.5) is 0 Å². The molecule has 0 spiro atoms. The number of carboxylic acid groups (broad SMARTS) is 1. The summed E-state index contributed by atoms with van der Waals surface area (Å²) in [5.41, 5.74) is 0. The molecule has 0 aromatic carbocycles. The van der Waals surface area contributed by atoms with Gasteiger partial charge in [-0.1, -0.05) is 0 Å². The summed E-state index contributed by atoms with van der Waals surface area (Å²) >= 11 is 0. The first-order valence-electron chi connectivity index (χ1n) is 29.1. The van der Waals surface area contributed by atoms with Crippen molar-refractivity contribution in [1.29, 1.82) is 0 Å². The van der Waals surface area contributed by atoms with Crippen LogP contribution < -0.4 is 16.0 Å². The number of carbonyl (C=O) groups is 4. The molecule has 7 heterocycles. The van der Waals surface area contributed by atoms with Gasteiger partial charge in [-0.3, -0.25) is 14.4 Å². The van der Waals surface area contributed by atoms with Gasteiger partial charge in [0.15, 0.2) is 37.7 Å². The highest BCUT2D eigenvalue weighted by atomic mass is 16.8. The second kappa shape index (κ2) is 32.3. The Balaban J connectivity index is 1.24. The Kier molecular flexibility index (Phi) is 26.6. The van der Waals surface area contributed by atoms with Crippen LogP contribution >= 0.6 is 0 Å². The lowest BCUT2D eigenvalue weighted by molar-refractivity contribution is -0.404. The van der Waals surface area contributed by atoms with Crippen LogP contribution in [0.5, 0.6) is 0 Å². The summed E-state index contributed by atoms with van der Waals surface area (Å²) in [6, 6.07) is -5.47. The summed E-state index contributed by atoms with van der Waals surface area (Å²) in [6.07, 6.45) is -67.4. The van der Waals surface area contributed by atoms with Crippen LogP contribution in [0.3, 0.4) is 0 Å². The number of carboxylic acids is 1. The molecule has 1 unspecified atom stereocenters. The molecule has 41 nitrogen and oxygen atoms in total. The maximum absolute atomic E-state index is 13.4. The minimum Gasteiger partial charge on any atom is -0.477 e. The number of carbonyl (C=O) groups excluding carboxylic acids is 3. The summed E-state index contributed by atoms with van der Waals surface area (Å²) in [4.78, 5) is 51.8. The Hall–Kier alpha value is -3.44. The lowest BCUT2D eigenvalue weighted by Gasteiger charge is -2.52. The first-order valence-corrected chi connectivity index (χ1v) is 29.1. The molecular weight excluding hydrogens is 1260 g/mol. The molecule has 3 amide bonds. The number of rotatable bonds is 24. The van der Waals surface area contributed by atoms with Crippen molar-refractivity contribution in [2.45, 2.75) is 254 Å². The van der Waals surface area contributed by atoms with Crippen molar-refractivity contribution in [3.8, 4) is 0 Å². The van der Waals surface area contributed by atoms with E-state index in [1.165, 1.54) is 6.92 Å². The molecule has 0 aliphatic carbocycles. The topological polar surface area (TPSA) is 649 Å². The third-order valence-corrected chi connectivity index (χ3v) is 16.7. The molecule has 7 fully saturated rings. The number of aliphatic hydroxyl groups excluding tert-OH is 20. The van der Waals surface area contributed by atoms with E-state index in [1.54, 1.807) is 0 Å². The first kappa shape index (κ1) is 75.9. The van der Waals surface area contributed by atoms with E-state index in [0.717, 1.165) is 20.8 Å². The average Bonchev–Trinajstić information content (AvgIpc) is 0.763. The van der Waals surface area contributed by atoms with Crippen LogP contribution in [0.25, 0.3) is 0 Å². The standard InChI is InChI=1S/C51H85N3O38/c1-12-26(65)33(72)35(74)47(81-12)87-38-20(9-58)85-45(25(54-15(4)62)41(38)90-46-23(52-13(2)60)32(71)29(68)18(7-56)83-46)80-11-22-31(70)40(24(44(77)82-22)53-14(3)61)89-49-37(76)43(39(21(10-59)86-49)88-48-36(75)34(73)30(69)19(8-57)84-48)92-51(50(78)79)5-16(63)27(66)42(91-51)28(67)17(64)6-55/h12,16-49,55-59,63-77H,5-11H2,1-4H3,(H,52,60)(H,53,61)(H,54,62)(H,78,79)/t12-,16-,17+,18+,19+,20+,21+,22+,23+,24+,25+,26+,27+,28+,29+,30-,31-,32+,33+,34+,35-,36+,37+,38+,39-,40+,41+,42+,43+,44?,45+,46-,47-,48-,49-,51-/m0/s1. The first-order chi connectivity index (χ1) is 43.3. The number of aliphatic hydroxyl groups is 20. The van der Waals surface area contributed by atoms with Crippen LogP contribution in [-0.4, -0.2) is 391 Å². The molecule has 24 N–H and O–H groups in total. The van der Waals surface area contributed by atoms with E-state index < -0.39 is 290 Å². The predicted octanol–water partition coefficient (Wildman–Crippen LogP) is -15.6. The number of nitrogens with one attached hydrogen (secondary N) is 3. The molecule has 0 bridgehead atoms. The molecular formula is C51H85N3O38. The molecule has 7 aliphatic rings. The maximum atomic E-state index is 13.4. The third kappa shape index (κ3) is 16.4. The highest BCUT2D eigenvalue weighted by Crippen LogP contribution is 2.41. The molecule has 36 atom stereocenters. The van der Waals surface area contributed by atoms with E-state index in [-0.39, 0.29) is 0 Å². The predicted molar refractivity (Wildman–Crippen MR) is 282 cm³/mol. The smallest absolute Gasteiger partial charge is 0.364 e. The van der Waals surface area contributed by atoms with Gasteiger partial charge < -0.3 is 185 Å². The molecule has 0 aromatic rings. The fraction of sp³-hybridized carbons (Fsp3) is 0.922. The fourth-order valence-corrected chi connectivity index (χ4v) is 11.7. The molecule has 0 aromatic heterocycles. The summed E-state index contributed by atoms with van der Waals surface area (Å²) in [6.45, 7) is -2.42. The summed E-state index contributed by atoms with van der Waals surface area (Å²) < 4.78 is 76.7. The molecule has 532 valence electrons. The normalized spacial score (nSPS) is 47.6. The van der Waals surface area contributed by atoms with Crippen molar-refractivity contribution in [3.05, 3.63) is 0 Å². The molecule has 7 rings (SSSR count). The Morgan fingerprint density at radius 1 is 0.467 bits per heavy atom. The molecule has 7 saturated heterocycles. The van der Waals surface area contributed by atoms with Gasteiger partial charge >= 0.3 is 5.97 Å². The van der Waals surface area contributed by atoms with Crippen molar-refractivity contribution in [2.75, 3.05) is 39.6 Å². The number of aliphatic carboxylic acids is 1. The van der Waals surface area contributed by atoms with Gasteiger partial charge in [0, 0.05) is 27.2 Å². The van der Waals surface area contributed by atoms with Gasteiger partial charge in [0.05, 0.1) is 51.8 Å². The molecule has 92 heavy (non-hydrogen) atoms. The van der Waals surface area contributed by atoms with E-state index in [4.69, 9.17) is 61.6 Å². The summed E-state index contributed by atoms with van der Waals surface area (Å²) in [5, 5.41) is 235. The van der Waals surface area contributed by atoms with Crippen LogP contribution in [0, 0.1) is 0 Å². The van der Waals surface area contributed by atoms with Crippen LogP contribution in [0.1, 0.15) is 34.1 Å². The monoisotopic (exact) mass is 1350 g/mol. The zero-order valence-corrected chi connectivity index (χ0v) is 49.5. The zero-order valence-electron chi connectivity index (χ0n) is 49.5. The van der Waals surface area contributed by atoms with Crippen molar-refractivity contribution >= 4 is 23.7 Å². The van der Waals surface area contributed by atoms with Crippen LogP contribution in [0.2, 0.25) is 0 Å². The molecule has 7 aliphatic heterocycles. The highest BCUT2D eigenvalue weighted by molar-refractivity contribution is 5.76. The van der Waals surface area contributed by atoms with E-state index in [9.17, 15) is 126 Å². The Bertz CT molecular complexity index is 2400. The number of amides is 3. The van der Waals surface area contributed by atoms with Crippen molar-refractivity contribution in [2.24, 2.45) is 0 Å². The molecule has 0 saturated carbocycles. The second-order valence-electron chi connectivity index (χ2n) is 23.2. The quantitative estimate of drug-likeness (QED) is 0.0427. The maximum Gasteiger partial charge on any atom is 0.364 e. The Morgan fingerprint density at radius 2 is 0.924 bits per heavy atom. The summed E-state index contributed by atoms with van der Waals surface area (Å²) in [7, 11) is 0. The van der Waals surface area contributed by atoms with Crippen molar-refractivity contribution in [3.63, 3.8) is 0 Å². The van der Waals surface area contributed by atoms with E-state index in [1.807, 2.05) is 0 Å². The zero-order chi connectivity index (χ0) is 68.3. The molecule has 41 heteroatoms. The lowest BCUT2D eigenvalue weighted by Crippen LogP contribution is -2.71. The lowest BCUT2D eigenvalue weighted by atomic mass is 9.90. The molecule has 0 radical (unpaired) electrons. The van der Waals surface area contributed by atoms with Crippen LogP contribution in [0.15, 0.2) is 0 Å². The Labute approximate surface area is 520 Å². The van der Waals surface area contributed by atoms with Crippen molar-refractivity contribution in [1.82, 2.24) is 16.0 Å². The van der Waals surface area contributed by atoms with Gasteiger partial charge in [-0.05, 0) is 6.92 Å². The average molecular weight is 1350 g/mol. The van der Waals surface area contributed by atoms with Gasteiger partial charge in [0.25, 0.3) is 5.79 Å². The van der Waals surface area contributed by atoms with Crippen LogP contribution in [-0.2, 0) is 80.8 Å². The largest absolute Gasteiger partial charge is 0.477 e. The Morgan fingerprint density at radius 3 is 1.47 bits per heavy atom. The van der Waals surface area contributed by atoms with Crippen molar-refractivity contribution < 1.29 is 188 Å². The van der Waals surface area contributed by atoms with E-state index in [0.29, 0.717) is 0 Å². The SMILES string of the molecule is CC(=O)N[C@H]1[C@H](O[C@@H]2[C@@H](NC(C)=O)[C@H](OC[C@H]3OC(O)[C@H](NC(C)=O)[C@@H](O[C@@H]4O[C@H](CO)[C@H](O[C@@H]5O[C@H](CO)[C@H](O)[C@@H](O)[C@H]5O)[C@H](O[C@]5(C(=O)O)C[C@H](O)[C@@H](O)[C@H]([C@H](O)[C@H](O)CO)O5)[C@H]4O)[C@H]3O)O[C@H](CO)[C@H]2O[C@@H]2O[C@@H](C)[C@@H](O)[C@@H](O)[C@@H]2O)O[C@H](CO)[C@@H](O)[C@@H]1O. The van der Waals surface area contributed by atoms with Gasteiger partial charge in [-0.15, -0.1) is 0 Å². The fourth-order valence-electron chi connectivity index (χ4n) is 11.7. The summed E-state index contributed by atoms with van der Waals surface area (Å²) in [5.74, 6) is -8.28. The van der Waals surface area contributed by atoms with Gasteiger partial charge in [0.1, 0.15) is 165 Å². The van der Waals surface area contributed by atoms with E-state index >= 15 is 0 Å². The van der Waals surface area contributed by atoms with Gasteiger partial charge in [-0.25, -0.2) is 4.79 Å². The van der Waals surface area contributed by atoms with E-state index in [2.05, 4.69) is 16.0 Å². The highest BCUT2D eigenvalue weighted by Gasteiger charge is 2.62. The van der Waals surface area contributed by atoms with Gasteiger partial charge in [-0.2, -0.15) is 0 Å². The number of hydrogen-bond acceptors (Lipinski definition) is 37. The van der Waals surface area contributed by atoms with Gasteiger partial charge in [0.2, 0.25) is 17.7 Å². The minimum absolute atomic E-state index is 0.823.